The molecule has 0 spiro atoms. The van der Waals surface area contributed by atoms with E-state index >= 15 is 0 Å². The van der Waals surface area contributed by atoms with Gasteiger partial charge in [0.25, 0.3) is 5.89 Å². The molecule has 1 aliphatic heterocycles. The van der Waals surface area contributed by atoms with E-state index in [-0.39, 0.29) is 5.92 Å². The summed E-state index contributed by atoms with van der Waals surface area (Å²) >= 11 is 0. The smallest absolute Gasteiger partial charge is 0.261 e. The highest BCUT2D eigenvalue weighted by Crippen LogP contribution is 2.29. The molecule has 0 saturated carbocycles. The van der Waals surface area contributed by atoms with E-state index in [1.807, 2.05) is 18.3 Å². The molecular formula is C23H29N5O. The largest absolute Gasteiger partial charge is 0.355 e. The zero-order chi connectivity index (χ0) is 20.2. The average molecular weight is 392 g/mol. The highest BCUT2D eigenvalue weighted by atomic mass is 16.5. The van der Waals surface area contributed by atoms with E-state index < -0.39 is 0 Å². The van der Waals surface area contributed by atoms with Crippen LogP contribution in [0.5, 0.6) is 0 Å². The third kappa shape index (κ3) is 4.48. The molecule has 0 radical (unpaired) electrons. The predicted molar refractivity (Wildman–Crippen MR) is 115 cm³/mol. The maximum absolute atomic E-state index is 5.55. The number of rotatable bonds is 5. The van der Waals surface area contributed by atoms with Crippen LogP contribution in [0.2, 0.25) is 0 Å². The van der Waals surface area contributed by atoms with Gasteiger partial charge in [-0.15, -0.1) is 0 Å². The van der Waals surface area contributed by atoms with Crippen LogP contribution in [0.25, 0.3) is 11.5 Å². The topological polar surface area (TPSA) is 58.3 Å². The van der Waals surface area contributed by atoms with Crippen LogP contribution in [0.15, 0.2) is 47.1 Å². The molecular weight excluding hydrogens is 362 g/mol. The Kier molecular flexibility index (Phi) is 5.90. The Bertz CT molecular complexity index is 952. The average Bonchev–Trinajstić information content (AvgIpc) is 3.11. The third-order valence-corrected chi connectivity index (χ3v) is 5.52. The summed E-state index contributed by atoms with van der Waals surface area (Å²) in [6.07, 6.45) is 2.94. The second-order valence-corrected chi connectivity index (χ2v) is 8.03. The number of hydrogen-bond acceptors (Lipinski definition) is 6. The Hall–Kier alpha value is -2.73. The van der Waals surface area contributed by atoms with Gasteiger partial charge in [0.1, 0.15) is 5.82 Å². The van der Waals surface area contributed by atoms with E-state index in [4.69, 9.17) is 4.52 Å². The fourth-order valence-electron chi connectivity index (χ4n) is 3.76. The van der Waals surface area contributed by atoms with Crippen molar-refractivity contribution in [3.8, 4) is 11.5 Å². The van der Waals surface area contributed by atoms with Gasteiger partial charge in [-0.25, -0.2) is 4.98 Å². The van der Waals surface area contributed by atoms with Gasteiger partial charge < -0.3 is 9.42 Å². The summed E-state index contributed by atoms with van der Waals surface area (Å²) in [4.78, 5) is 14.2. The van der Waals surface area contributed by atoms with E-state index in [1.54, 1.807) is 0 Å². The first-order valence-electron chi connectivity index (χ1n) is 10.4. The first kappa shape index (κ1) is 19.6. The van der Waals surface area contributed by atoms with Crippen molar-refractivity contribution in [1.82, 2.24) is 20.0 Å². The second-order valence-electron chi connectivity index (χ2n) is 8.03. The monoisotopic (exact) mass is 391 g/mol. The Morgan fingerprint density at radius 3 is 2.69 bits per heavy atom. The molecule has 6 nitrogen and oxygen atoms in total. The fourth-order valence-corrected chi connectivity index (χ4v) is 3.76. The zero-order valence-corrected chi connectivity index (χ0v) is 17.5. The molecule has 0 aliphatic carbocycles. The third-order valence-electron chi connectivity index (χ3n) is 5.52. The minimum atomic E-state index is 0.237. The number of aryl methyl sites for hydroxylation is 1. The van der Waals surface area contributed by atoms with Crippen LogP contribution in [0, 0.1) is 6.92 Å². The van der Waals surface area contributed by atoms with Gasteiger partial charge >= 0.3 is 0 Å². The van der Waals surface area contributed by atoms with Crippen LogP contribution in [0.3, 0.4) is 0 Å². The van der Waals surface area contributed by atoms with Crippen LogP contribution in [0.4, 0.5) is 5.82 Å². The Morgan fingerprint density at radius 2 is 1.90 bits per heavy atom. The molecule has 4 rings (SSSR count). The van der Waals surface area contributed by atoms with Gasteiger partial charge in [-0.05, 0) is 36.6 Å². The minimum Gasteiger partial charge on any atom is -0.355 e. The molecule has 0 atom stereocenters. The number of hydrogen-bond donors (Lipinski definition) is 0. The lowest BCUT2D eigenvalue weighted by molar-refractivity contribution is 0.285. The summed E-state index contributed by atoms with van der Waals surface area (Å²) in [6.45, 7) is 11.3. The van der Waals surface area contributed by atoms with Crippen LogP contribution < -0.4 is 4.90 Å². The van der Waals surface area contributed by atoms with Gasteiger partial charge in [0.05, 0.1) is 5.56 Å². The van der Waals surface area contributed by atoms with Crippen molar-refractivity contribution in [2.45, 2.75) is 39.7 Å². The molecule has 1 fully saturated rings. The number of pyridine rings is 1. The highest BCUT2D eigenvalue weighted by molar-refractivity contribution is 5.69. The van der Waals surface area contributed by atoms with Crippen LogP contribution in [-0.2, 0) is 6.54 Å². The normalized spacial score (nSPS) is 15.7. The lowest BCUT2D eigenvalue weighted by Gasteiger charge is -2.24. The first-order chi connectivity index (χ1) is 14.1. The van der Waals surface area contributed by atoms with E-state index in [1.165, 1.54) is 11.1 Å². The fraction of sp³-hybridized carbons (Fsp3) is 0.435. The highest BCUT2D eigenvalue weighted by Gasteiger charge is 2.22. The molecule has 2 aromatic heterocycles. The van der Waals surface area contributed by atoms with Gasteiger partial charge in [-0.3, -0.25) is 4.90 Å². The standard InChI is InChI=1S/C23H29N5O/c1-17(2)21-25-23(29-26-21)20-10-6-11-24-22(20)28-13-7-12-27(14-15-28)16-19-9-5-4-8-18(19)3/h4-6,8-11,17H,7,12-16H2,1-3H3. The summed E-state index contributed by atoms with van der Waals surface area (Å²) in [5.41, 5.74) is 3.68. The lowest BCUT2D eigenvalue weighted by atomic mass is 10.1. The van der Waals surface area contributed by atoms with Gasteiger partial charge in [-0.1, -0.05) is 43.3 Å². The molecule has 1 saturated heterocycles. The minimum absolute atomic E-state index is 0.237. The van der Waals surface area contributed by atoms with Gasteiger partial charge in [0, 0.05) is 44.8 Å². The van der Waals surface area contributed by atoms with Crippen molar-refractivity contribution in [3.05, 3.63) is 59.5 Å². The van der Waals surface area contributed by atoms with E-state index in [0.29, 0.717) is 5.89 Å². The molecule has 1 aliphatic rings. The van der Waals surface area contributed by atoms with Gasteiger partial charge in [-0.2, -0.15) is 4.98 Å². The molecule has 29 heavy (non-hydrogen) atoms. The molecule has 152 valence electrons. The summed E-state index contributed by atoms with van der Waals surface area (Å²) in [7, 11) is 0. The molecule has 1 aromatic carbocycles. The van der Waals surface area contributed by atoms with Crippen molar-refractivity contribution in [1.29, 1.82) is 0 Å². The second kappa shape index (κ2) is 8.74. The number of aromatic nitrogens is 3. The number of anilines is 1. The van der Waals surface area contributed by atoms with Crippen molar-refractivity contribution in [3.63, 3.8) is 0 Å². The van der Waals surface area contributed by atoms with Crippen molar-refractivity contribution in [2.24, 2.45) is 0 Å². The van der Waals surface area contributed by atoms with Crippen molar-refractivity contribution < 1.29 is 4.52 Å². The quantitative estimate of drug-likeness (QED) is 0.647. The summed E-state index contributed by atoms with van der Waals surface area (Å²) < 4.78 is 5.55. The maximum atomic E-state index is 5.55. The Morgan fingerprint density at radius 1 is 1.03 bits per heavy atom. The molecule has 6 heteroatoms. The number of nitrogens with zero attached hydrogens (tertiary/aromatic N) is 5. The van der Waals surface area contributed by atoms with Crippen molar-refractivity contribution in [2.75, 3.05) is 31.1 Å². The Labute approximate surface area is 172 Å². The molecule has 3 aromatic rings. The first-order valence-corrected chi connectivity index (χ1v) is 10.4. The lowest BCUT2D eigenvalue weighted by Crippen LogP contribution is -2.31. The van der Waals surface area contributed by atoms with Gasteiger partial charge in [0.15, 0.2) is 5.82 Å². The molecule has 0 N–H and O–H groups in total. The Balaban J connectivity index is 1.50. The van der Waals surface area contributed by atoms with Crippen LogP contribution in [-0.4, -0.2) is 46.2 Å². The SMILES string of the molecule is Cc1ccccc1CN1CCCN(c2ncccc2-c2nc(C(C)C)no2)CC1. The molecule has 0 amide bonds. The maximum Gasteiger partial charge on any atom is 0.261 e. The predicted octanol–water partition coefficient (Wildman–Crippen LogP) is 4.28. The van der Waals surface area contributed by atoms with E-state index in [9.17, 15) is 0 Å². The van der Waals surface area contributed by atoms with E-state index in [2.05, 4.69) is 70.0 Å². The molecule has 0 unspecified atom stereocenters. The van der Waals surface area contributed by atoms with Gasteiger partial charge in [0.2, 0.25) is 0 Å². The van der Waals surface area contributed by atoms with Crippen LogP contribution >= 0.6 is 0 Å². The van der Waals surface area contributed by atoms with Crippen LogP contribution in [0.1, 0.15) is 43.1 Å². The summed E-state index contributed by atoms with van der Waals surface area (Å²) in [6, 6.07) is 12.6. The number of benzene rings is 1. The summed E-state index contributed by atoms with van der Waals surface area (Å²) in [5, 5.41) is 4.12. The zero-order valence-electron chi connectivity index (χ0n) is 17.5. The van der Waals surface area contributed by atoms with Crippen molar-refractivity contribution >= 4 is 5.82 Å². The molecule has 0 bridgehead atoms. The summed E-state index contributed by atoms with van der Waals surface area (Å²) in [5.74, 6) is 2.46. The molecule has 3 heterocycles. The van der Waals surface area contributed by atoms with E-state index in [0.717, 1.165) is 56.4 Å².